The monoisotopic (exact) mass is 496 g/mol. The van der Waals surface area contributed by atoms with Crippen molar-refractivity contribution in [3.05, 3.63) is 167 Å². The summed E-state index contributed by atoms with van der Waals surface area (Å²) in [5.41, 5.74) is 14.2. The quantitative estimate of drug-likeness (QED) is 0.239. The van der Waals surface area contributed by atoms with Gasteiger partial charge in [0.1, 0.15) is 0 Å². The van der Waals surface area contributed by atoms with Crippen molar-refractivity contribution in [2.45, 2.75) is 5.41 Å². The molecule has 0 aliphatic heterocycles. The molecule has 2 heterocycles. The minimum atomic E-state index is -0.415. The van der Waals surface area contributed by atoms with Crippen LogP contribution in [-0.2, 0) is 5.41 Å². The van der Waals surface area contributed by atoms with Crippen LogP contribution in [0.1, 0.15) is 33.4 Å². The lowest BCUT2D eigenvalue weighted by Crippen LogP contribution is -2.30. The number of aromatic nitrogens is 2. The number of nitrogens with zero attached hydrogens (tertiary/aromatic N) is 2. The lowest BCUT2D eigenvalue weighted by molar-refractivity contribution is 0.766. The number of hydrogen-bond donors (Lipinski definition) is 0. The van der Waals surface area contributed by atoms with E-state index in [1.54, 1.807) is 6.20 Å². The van der Waals surface area contributed by atoms with E-state index in [0.29, 0.717) is 0 Å². The minimum absolute atomic E-state index is 0.415. The second-order valence-corrected chi connectivity index (χ2v) is 10.2. The summed E-state index contributed by atoms with van der Waals surface area (Å²) >= 11 is 0. The van der Waals surface area contributed by atoms with Gasteiger partial charge in [-0.3, -0.25) is 9.97 Å². The Balaban J connectivity index is 1.40. The molecule has 0 saturated heterocycles. The van der Waals surface area contributed by atoms with Gasteiger partial charge in [0.2, 0.25) is 0 Å². The third kappa shape index (κ3) is 3.15. The normalized spacial score (nSPS) is 13.7. The summed E-state index contributed by atoms with van der Waals surface area (Å²) in [5.74, 6) is 0. The predicted octanol–water partition coefficient (Wildman–Crippen LogP) is 8.66. The summed E-state index contributed by atoms with van der Waals surface area (Å²) in [4.78, 5) is 9.05. The number of hydrogen-bond acceptors (Lipinski definition) is 2. The van der Waals surface area contributed by atoms with E-state index in [-0.39, 0.29) is 0 Å². The Morgan fingerprint density at radius 3 is 1.82 bits per heavy atom. The Labute approximate surface area is 228 Å². The molecule has 0 atom stereocenters. The van der Waals surface area contributed by atoms with Crippen LogP contribution in [0, 0.1) is 0 Å². The molecule has 6 aromatic rings. The van der Waals surface area contributed by atoms with E-state index in [1.807, 2.05) is 24.5 Å². The van der Waals surface area contributed by atoms with Crippen molar-refractivity contribution >= 4 is 12.2 Å². The van der Waals surface area contributed by atoms with Crippen LogP contribution < -0.4 is 0 Å². The zero-order valence-electron chi connectivity index (χ0n) is 21.3. The molecule has 0 unspecified atom stereocenters. The van der Waals surface area contributed by atoms with Gasteiger partial charge in [0, 0.05) is 29.7 Å². The van der Waals surface area contributed by atoms with Crippen molar-refractivity contribution in [2.24, 2.45) is 0 Å². The molecule has 182 valence electrons. The minimum Gasteiger partial charge on any atom is -0.264 e. The van der Waals surface area contributed by atoms with Gasteiger partial charge in [-0.15, -0.1) is 0 Å². The molecular weight excluding hydrogens is 472 g/mol. The second kappa shape index (κ2) is 8.47. The van der Waals surface area contributed by atoms with Crippen LogP contribution in [0.5, 0.6) is 0 Å². The van der Waals surface area contributed by atoms with Gasteiger partial charge < -0.3 is 0 Å². The highest BCUT2D eigenvalue weighted by atomic mass is 14.7. The third-order valence-electron chi connectivity index (χ3n) is 8.27. The van der Waals surface area contributed by atoms with Gasteiger partial charge in [0.25, 0.3) is 0 Å². The number of benzene rings is 4. The van der Waals surface area contributed by atoms with Crippen molar-refractivity contribution in [1.82, 2.24) is 9.97 Å². The van der Waals surface area contributed by atoms with Crippen LogP contribution in [0.2, 0.25) is 0 Å². The maximum atomic E-state index is 4.80. The Morgan fingerprint density at radius 1 is 0.462 bits per heavy atom. The number of rotatable bonds is 2. The summed E-state index contributed by atoms with van der Waals surface area (Å²) in [5, 5.41) is 0. The van der Waals surface area contributed by atoms with Gasteiger partial charge in [-0.1, -0.05) is 103 Å². The van der Waals surface area contributed by atoms with Gasteiger partial charge in [-0.25, -0.2) is 0 Å². The highest BCUT2D eigenvalue weighted by Crippen LogP contribution is 2.58. The fraction of sp³-hybridized carbons (Fsp3) is 0.0270. The maximum absolute atomic E-state index is 4.80. The highest BCUT2D eigenvalue weighted by Gasteiger charge is 2.48. The van der Waals surface area contributed by atoms with Crippen molar-refractivity contribution in [1.29, 1.82) is 0 Å². The molecule has 0 amide bonds. The van der Waals surface area contributed by atoms with Gasteiger partial charge in [0.05, 0.1) is 11.1 Å². The van der Waals surface area contributed by atoms with Crippen molar-refractivity contribution in [2.75, 3.05) is 0 Å². The van der Waals surface area contributed by atoms with Crippen LogP contribution in [-0.4, -0.2) is 9.97 Å². The molecule has 8 rings (SSSR count). The summed E-state index contributed by atoms with van der Waals surface area (Å²) in [6.45, 7) is 0. The van der Waals surface area contributed by atoms with E-state index in [0.717, 1.165) is 22.4 Å². The molecule has 0 fully saturated rings. The Kier molecular flexibility index (Phi) is 4.77. The average Bonchev–Trinajstić information content (AvgIpc) is 3.22. The first-order valence-electron chi connectivity index (χ1n) is 13.3. The summed E-state index contributed by atoms with van der Waals surface area (Å²) in [7, 11) is 0. The Morgan fingerprint density at radius 2 is 1.13 bits per heavy atom. The molecule has 2 nitrogen and oxygen atoms in total. The van der Waals surface area contributed by atoms with Crippen LogP contribution in [0.4, 0.5) is 0 Å². The van der Waals surface area contributed by atoms with E-state index in [4.69, 9.17) is 4.98 Å². The molecule has 0 bridgehead atoms. The van der Waals surface area contributed by atoms with Crippen LogP contribution >= 0.6 is 0 Å². The maximum Gasteiger partial charge on any atom is 0.0725 e. The SMILES string of the molecule is C1=Cc2ccc(-c3ccc(-c4cccnc4)nc3)cc2C2(c3ccccc31)c1ccccc1-c1ccccc12. The molecule has 1 spiro atoms. The molecule has 4 aromatic carbocycles. The van der Waals surface area contributed by atoms with Gasteiger partial charge in [-0.2, -0.15) is 0 Å². The van der Waals surface area contributed by atoms with Crippen LogP contribution in [0.15, 0.2) is 134 Å². The Hall–Kier alpha value is -5.08. The largest absolute Gasteiger partial charge is 0.264 e. The first kappa shape index (κ1) is 22.0. The van der Waals surface area contributed by atoms with E-state index >= 15 is 0 Å². The van der Waals surface area contributed by atoms with Crippen LogP contribution in [0.25, 0.3) is 45.7 Å². The molecule has 0 N–H and O–H groups in total. The number of fused-ring (bicyclic) bond motifs is 9. The zero-order chi connectivity index (χ0) is 25.8. The Bertz CT molecular complexity index is 1850. The first-order chi connectivity index (χ1) is 19.3. The first-order valence-corrected chi connectivity index (χ1v) is 13.3. The molecular formula is C37H24N2. The third-order valence-corrected chi connectivity index (χ3v) is 8.27. The molecule has 0 radical (unpaired) electrons. The summed E-state index contributed by atoms with van der Waals surface area (Å²) in [6, 6.07) is 41.8. The fourth-order valence-corrected chi connectivity index (χ4v) is 6.58. The highest BCUT2D eigenvalue weighted by molar-refractivity contribution is 5.92. The van der Waals surface area contributed by atoms with E-state index in [1.165, 1.54) is 44.5 Å². The van der Waals surface area contributed by atoms with E-state index in [9.17, 15) is 0 Å². The van der Waals surface area contributed by atoms with E-state index < -0.39 is 5.41 Å². The lowest BCUT2D eigenvalue weighted by Gasteiger charge is -2.35. The molecule has 2 aliphatic carbocycles. The summed E-state index contributed by atoms with van der Waals surface area (Å²) < 4.78 is 0. The van der Waals surface area contributed by atoms with E-state index in [2.05, 4.69) is 120 Å². The topological polar surface area (TPSA) is 25.8 Å². The molecule has 39 heavy (non-hydrogen) atoms. The van der Waals surface area contributed by atoms with Crippen molar-refractivity contribution < 1.29 is 0 Å². The standard InChI is InChI=1S/C37H24N2/c1-4-12-32-25(8-1)15-16-26-17-18-27(28-19-20-36(39-24-28)29-9-7-21-38-23-29)22-35(26)37(32)33-13-5-2-10-30(33)31-11-3-6-14-34(31)37/h1-24H. The molecule has 2 aliphatic rings. The van der Waals surface area contributed by atoms with Gasteiger partial charge in [0.15, 0.2) is 0 Å². The van der Waals surface area contributed by atoms with Gasteiger partial charge in [-0.05, 0) is 74.3 Å². The molecule has 0 saturated carbocycles. The van der Waals surface area contributed by atoms with Crippen LogP contribution in [0.3, 0.4) is 0 Å². The van der Waals surface area contributed by atoms with Crippen molar-refractivity contribution in [3.63, 3.8) is 0 Å². The van der Waals surface area contributed by atoms with Crippen molar-refractivity contribution in [3.8, 4) is 33.5 Å². The number of pyridine rings is 2. The average molecular weight is 497 g/mol. The second-order valence-electron chi connectivity index (χ2n) is 10.2. The van der Waals surface area contributed by atoms with Gasteiger partial charge >= 0.3 is 0 Å². The smallest absolute Gasteiger partial charge is 0.0725 e. The lowest BCUT2D eigenvalue weighted by atomic mass is 9.65. The predicted molar refractivity (Wildman–Crippen MR) is 159 cm³/mol. The molecule has 2 heteroatoms. The molecule has 2 aromatic heterocycles. The summed E-state index contributed by atoms with van der Waals surface area (Å²) in [6.07, 6.45) is 10.2. The fourth-order valence-electron chi connectivity index (χ4n) is 6.58. The zero-order valence-corrected chi connectivity index (χ0v) is 21.3.